The molecular weight excluding hydrogens is 340 g/mol. The molecule has 1 heterocycles. The lowest BCUT2D eigenvalue weighted by Gasteiger charge is -2.29. The van der Waals surface area contributed by atoms with Gasteiger partial charge in [-0.3, -0.25) is 0 Å². The summed E-state index contributed by atoms with van der Waals surface area (Å²) in [4.78, 5) is 35.8. The van der Waals surface area contributed by atoms with Gasteiger partial charge >= 0.3 is 17.9 Å². The zero-order valence-electron chi connectivity index (χ0n) is 14.8. The molecule has 1 aliphatic heterocycles. The first-order valence-corrected chi connectivity index (χ1v) is 8.21. The first-order valence-electron chi connectivity index (χ1n) is 8.21. The van der Waals surface area contributed by atoms with Crippen LogP contribution in [0.4, 0.5) is 11.4 Å². The third-order valence-electron chi connectivity index (χ3n) is 3.87. The van der Waals surface area contributed by atoms with Crippen molar-refractivity contribution in [1.29, 1.82) is 0 Å². The van der Waals surface area contributed by atoms with Gasteiger partial charge in [0.25, 0.3) is 5.79 Å². The van der Waals surface area contributed by atoms with E-state index in [1.807, 2.05) is 0 Å². The van der Waals surface area contributed by atoms with E-state index in [0.29, 0.717) is 17.3 Å². The first kappa shape index (κ1) is 17.8. The number of ether oxygens (including phenoxy) is 3. The van der Waals surface area contributed by atoms with E-state index in [9.17, 15) is 14.4 Å². The molecule has 0 aromatic heterocycles. The summed E-state index contributed by atoms with van der Waals surface area (Å²) in [6.45, 7) is 2.95. The van der Waals surface area contributed by atoms with Gasteiger partial charge in [-0.25, -0.2) is 14.4 Å². The molecule has 0 bridgehead atoms. The van der Waals surface area contributed by atoms with Crippen molar-refractivity contribution in [3.8, 4) is 0 Å². The van der Waals surface area contributed by atoms with Crippen molar-refractivity contribution < 1.29 is 28.6 Å². The van der Waals surface area contributed by atoms with Crippen LogP contribution < -0.4 is 10.6 Å². The quantitative estimate of drug-likeness (QED) is 0.468. The van der Waals surface area contributed by atoms with Crippen LogP contribution in [0.3, 0.4) is 0 Å². The number of anilines is 2. The molecule has 0 radical (unpaired) electrons. The molecule has 0 spiro atoms. The van der Waals surface area contributed by atoms with Crippen LogP contribution in [0.15, 0.2) is 30.0 Å². The number of rotatable bonds is 5. The maximum Gasteiger partial charge on any atom is 0.350 e. The number of nitrogens with one attached hydrogen (secondary N) is 2. The molecule has 1 aromatic rings. The molecule has 1 aromatic carbocycles. The number of benzene rings is 1. The van der Waals surface area contributed by atoms with Gasteiger partial charge in [0.15, 0.2) is 5.57 Å². The molecular formula is C18H20N2O6. The number of carbonyl (C=O) groups excluding carboxylic acids is 3. The summed E-state index contributed by atoms with van der Waals surface area (Å²) in [6, 6.07) is 5.33. The van der Waals surface area contributed by atoms with Crippen LogP contribution in [0, 0.1) is 0 Å². The van der Waals surface area contributed by atoms with E-state index in [1.54, 1.807) is 18.2 Å². The predicted octanol–water partition coefficient (Wildman–Crippen LogP) is 2.18. The van der Waals surface area contributed by atoms with Gasteiger partial charge in [-0.15, -0.1) is 0 Å². The minimum Gasteiger partial charge on any atom is -0.465 e. The minimum atomic E-state index is -1.30. The zero-order valence-corrected chi connectivity index (χ0v) is 14.8. The first-order chi connectivity index (χ1) is 12.3. The lowest BCUT2D eigenvalue weighted by Crippen LogP contribution is -2.42. The third kappa shape index (κ3) is 3.96. The van der Waals surface area contributed by atoms with Crippen molar-refractivity contribution in [2.45, 2.75) is 38.5 Å². The van der Waals surface area contributed by atoms with E-state index < -0.39 is 23.7 Å². The number of hydrogen-bond acceptors (Lipinski definition) is 8. The van der Waals surface area contributed by atoms with E-state index in [2.05, 4.69) is 10.6 Å². The summed E-state index contributed by atoms with van der Waals surface area (Å²) in [5.74, 6) is -3.34. The molecule has 8 heteroatoms. The maximum absolute atomic E-state index is 12.0. The smallest absolute Gasteiger partial charge is 0.350 e. The lowest BCUT2D eigenvalue weighted by molar-refractivity contribution is -0.222. The van der Waals surface area contributed by atoms with Gasteiger partial charge in [-0.1, -0.05) is 0 Å². The SMILES string of the molecule is COC(=O)c1ccc(NC2CC2)c(NC=C2C(=O)OC(C)(C)OC2=O)c1. The fraction of sp³-hybridized carbons (Fsp3) is 0.389. The highest BCUT2D eigenvalue weighted by molar-refractivity contribution is 6.15. The number of methoxy groups -OCH3 is 1. The molecule has 2 N–H and O–H groups in total. The summed E-state index contributed by atoms with van der Waals surface area (Å²) in [6.07, 6.45) is 3.34. The number of hydrogen-bond donors (Lipinski definition) is 2. The van der Waals surface area contributed by atoms with E-state index in [0.717, 1.165) is 18.5 Å². The van der Waals surface area contributed by atoms with Crippen LogP contribution >= 0.6 is 0 Å². The van der Waals surface area contributed by atoms with Crippen LogP contribution in [-0.4, -0.2) is 36.8 Å². The van der Waals surface area contributed by atoms with Crippen molar-refractivity contribution in [3.05, 3.63) is 35.5 Å². The summed E-state index contributed by atoms with van der Waals surface area (Å²) in [5, 5.41) is 6.21. The normalized spacial score (nSPS) is 18.5. The topological polar surface area (TPSA) is 103 Å². The third-order valence-corrected chi connectivity index (χ3v) is 3.87. The van der Waals surface area contributed by atoms with Gasteiger partial charge in [-0.2, -0.15) is 0 Å². The van der Waals surface area contributed by atoms with Crippen LogP contribution in [0.1, 0.15) is 37.0 Å². The second-order valence-electron chi connectivity index (χ2n) is 6.55. The largest absolute Gasteiger partial charge is 0.465 e. The van der Waals surface area contributed by atoms with Crippen molar-refractivity contribution in [3.63, 3.8) is 0 Å². The van der Waals surface area contributed by atoms with Gasteiger partial charge < -0.3 is 24.8 Å². The van der Waals surface area contributed by atoms with E-state index >= 15 is 0 Å². The Hall–Kier alpha value is -3.03. The van der Waals surface area contributed by atoms with E-state index in [1.165, 1.54) is 27.2 Å². The minimum absolute atomic E-state index is 0.259. The Morgan fingerprint density at radius 3 is 2.42 bits per heavy atom. The second-order valence-corrected chi connectivity index (χ2v) is 6.55. The molecule has 1 aliphatic carbocycles. The maximum atomic E-state index is 12.0. The van der Waals surface area contributed by atoms with Crippen molar-refractivity contribution in [1.82, 2.24) is 0 Å². The van der Waals surface area contributed by atoms with E-state index in [4.69, 9.17) is 14.2 Å². The molecule has 2 aliphatic rings. The summed E-state index contributed by atoms with van der Waals surface area (Å²) >= 11 is 0. The van der Waals surface area contributed by atoms with Crippen LogP contribution in [0.5, 0.6) is 0 Å². The summed E-state index contributed by atoms with van der Waals surface area (Å²) in [5.41, 5.74) is 1.35. The molecule has 8 nitrogen and oxygen atoms in total. The van der Waals surface area contributed by atoms with Crippen molar-refractivity contribution in [2.75, 3.05) is 17.7 Å². The van der Waals surface area contributed by atoms with Crippen LogP contribution in [0.25, 0.3) is 0 Å². The van der Waals surface area contributed by atoms with E-state index in [-0.39, 0.29) is 5.57 Å². The summed E-state index contributed by atoms with van der Waals surface area (Å²) in [7, 11) is 1.30. The van der Waals surface area contributed by atoms with Gasteiger partial charge in [0, 0.05) is 26.1 Å². The Kier molecular flexibility index (Phi) is 4.58. The Bertz CT molecular complexity index is 773. The predicted molar refractivity (Wildman–Crippen MR) is 92.4 cm³/mol. The molecule has 138 valence electrons. The Morgan fingerprint density at radius 1 is 1.19 bits per heavy atom. The lowest BCUT2D eigenvalue weighted by atomic mass is 10.1. The molecule has 3 rings (SSSR count). The molecule has 26 heavy (non-hydrogen) atoms. The molecule has 0 amide bonds. The zero-order chi connectivity index (χ0) is 18.9. The van der Waals surface area contributed by atoms with Gasteiger partial charge in [0.1, 0.15) is 0 Å². The van der Waals surface area contributed by atoms with Crippen molar-refractivity contribution >= 4 is 29.3 Å². The van der Waals surface area contributed by atoms with Gasteiger partial charge in [-0.05, 0) is 31.0 Å². The monoisotopic (exact) mass is 360 g/mol. The van der Waals surface area contributed by atoms with Crippen LogP contribution in [-0.2, 0) is 23.8 Å². The molecule has 0 atom stereocenters. The number of cyclic esters (lactones) is 2. The molecule has 1 saturated heterocycles. The Labute approximate surface area is 150 Å². The molecule has 2 fully saturated rings. The fourth-order valence-electron chi connectivity index (χ4n) is 2.41. The fourth-order valence-corrected chi connectivity index (χ4v) is 2.41. The van der Waals surface area contributed by atoms with Crippen LogP contribution in [0.2, 0.25) is 0 Å². The highest BCUT2D eigenvalue weighted by atomic mass is 16.7. The Morgan fingerprint density at radius 2 is 1.85 bits per heavy atom. The number of esters is 3. The highest BCUT2D eigenvalue weighted by Crippen LogP contribution is 2.31. The molecule has 1 saturated carbocycles. The van der Waals surface area contributed by atoms with Crippen molar-refractivity contribution in [2.24, 2.45) is 0 Å². The second kappa shape index (κ2) is 6.70. The highest BCUT2D eigenvalue weighted by Gasteiger charge is 2.39. The average molecular weight is 360 g/mol. The Balaban J connectivity index is 1.86. The standard InChI is InChI=1S/C18H20N2O6/c1-18(2)25-16(22)12(17(23)26-18)9-19-14-8-10(15(21)24-3)4-7-13(14)20-11-5-6-11/h4,7-9,11,19-20H,5-6H2,1-3H3. The summed E-state index contributed by atoms with van der Waals surface area (Å²) < 4.78 is 14.8. The average Bonchev–Trinajstić information content (AvgIpc) is 3.37. The number of carbonyl (C=O) groups is 3. The van der Waals surface area contributed by atoms with Gasteiger partial charge in [0.2, 0.25) is 0 Å². The van der Waals surface area contributed by atoms with Gasteiger partial charge in [0.05, 0.1) is 24.0 Å². The molecule has 0 unspecified atom stereocenters.